The number of fused-ring (bicyclic) bond motifs is 3. The molecule has 0 aromatic heterocycles. The number of nitrogens with one attached hydrogen (secondary N) is 1. The Kier molecular flexibility index (Phi) is 3.34. The van der Waals surface area contributed by atoms with Gasteiger partial charge in [-0.3, -0.25) is 4.79 Å². The predicted molar refractivity (Wildman–Crippen MR) is 90.7 cm³/mol. The lowest BCUT2D eigenvalue weighted by molar-refractivity contribution is -0.115. The maximum Gasteiger partial charge on any atom is 0.160 e. The van der Waals surface area contributed by atoms with Crippen molar-refractivity contribution in [2.24, 2.45) is 0 Å². The lowest BCUT2D eigenvalue weighted by atomic mass is 9.86. The van der Waals surface area contributed by atoms with E-state index in [-0.39, 0.29) is 6.04 Å². The Morgan fingerprint density at radius 1 is 1.14 bits per heavy atom. The number of hydrogen-bond donors (Lipinski definition) is 1. The molecule has 0 aliphatic carbocycles. The van der Waals surface area contributed by atoms with E-state index >= 15 is 0 Å². The number of hydrogen-bond acceptors (Lipinski definition) is 2. The largest absolute Gasteiger partial charge is 0.307 e. The van der Waals surface area contributed by atoms with Crippen LogP contribution < -0.4 is 5.32 Å². The van der Waals surface area contributed by atoms with Gasteiger partial charge in [0.25, 0.3) is 0 Å². The molecule has 0 amide bonds. The van der Waals surface area contributed by atoms with Crippen molar-refractivity contribution in [1.29, 1.82) is 0 Å². The van der Waals surface area contributed by atoms with Crippen LogP contribution in [-0.2, 0) is 4.79 Å². The first-order chi connectivity index (χ1) is 10.8. The normalized spacial score (nSPS) is 24.0. The van der Waals surface area contributed by atoms with Gasteiger partial charge in [-0.1, -0.05) is 43.3 Å². The molecule has 4 rings (SSSR count). The quantitative estimate of drug-likeness (QED) is 0.922. The maximum absolute atomic E-state index is 12.5. The van der Waals surface area contributed by atoms with Crippen molar-refractivity contribution < 1.29 is 4.79 Å². The van der Waals surface area contributed by atoms with Gasteiger partial charge in [0, 0.05) is 24.1 Å². The average molecular weight is 291 g/mol. The minimum absolute atomic E-state index is 0.271. The molecule has 22 heavy (non-hydrogen) atoms. The van der Waals surface area contributed by atoms with E-state index in [0.29, 0.717) is 18.2 Å². The van der Waals surface area contributed by atoms with Gasteiger partial charge in [-0.25, -0.2) is 0 Å². The molecule has 0 saturated carbocycles. The lowest BCUT2D eigenvalue weighted by Gasteiger charge is -2.27. The van der Waals surface area contributed by atoms with Crippen LogP contribution in [0.2, 0.25) is 0 Å². The fraction of sp³-hybridized carbons (Fsp3) is 0.350. The summed E-state index contributed by atoms with van der Waals surface area (Å²) >= 11 is 0. The SMILES string of the molecule is CCC(=O)C1=C(c2ccc3ccccc3c2)CC2CC[C@@H]1N2. The molecule has 1 N–H and O–H groups in total. The van der Waals surface area contributed by atoms with E-state index in [4.69, 9.17) is 0 Å². The molecule has 2 atom stereocenters. The Balaban J connectivity index is 1.87. The van der Waals surface area contributed by atoms with Crippen LogP contribution in [0.25, 0.3) is 16.3 Å². The Morgan fingerprint density at radius 2 is 1.95 bits per heavy atom. The minimum Gasteiger partial charge on any atom is -0.307 e. The van der Waals surface area contributed by atoms with E-state index in [1.165, 1.54) is 28.3 Å². The standard InChI is InChI=1S/C20H21NO/c1-2-19(22)20-17(12-16-9-10-18(20)21-16)15-8-7-13-5-3-4-6-14(13)11-15/h3-8,11,16,18,21H,2,9-10,12H2,1H3/t16?,18-/m0/s1. The van der Waals surface area contributed by atoms with Crippen LogP contribution in [0, 0.1) is 0 Å². The van der Waals surface area contributed by atoms with Crippen molar-refractivity contribution in [3.8, 4) is 0 Å². The summed E-state index contributed by atoms with van der Waals surface area (Å²) in [6.07, 6.45) is 3.86. The topological polar surface area (TPSA) is 29.1 Å². The summed E-state index contributed by atoms with van der Waals surface area (Å²) in [5, 5.41) is 6.12. The lowest BCUT2D eigenvalue weighted by Crippen LogP contribution is -2.38. The van der Waals surface area contributed by atoms with Crippen molar-refractivity contribution in [2.45, 2.75) is 44.7 Å². The summed E-state index contributed by atoms with van der Waals surface area (Å²) in [4.78, 5) is 12.5. The molecule has 1 saturated heterocycles. The minimum atomic E-state index is 0.271. The zero-order valence-electron chi connectivity index (χ0n) is 12.9. The second-order valence-electron chi connectivity index (χ2n) is 6.43. The van der Waals surface area contributed by atoms with Crippen LogP contribution in [0.3, 0.4) is 0 Å². The zero-order chi connectivity index (χ0) is 15.1. The Labute approximate surface area is 131 Å². The Morgan fingerprint density at radius 3 is 2.77 bits per heavy atom. The van der Waals surface area contributed by atoms with Gasteiger partial charge in [0.05, 0.1) is 0 Å². The second kappa shape index (κ2) is 5.36. The molecule has 2 heterocycles. The van der Waals surface area contributed by atoms with Gasteiger partial charge < -0.3 is 5.32 Å². The first-order valence-corrected chi connectivity index (χ1v) is 8.27. The first kappa shape index (κ1) is 13.7. The molecular weight excluding hydrogens is 270 g/mol. The summed E-state index contributed by atoms with van der Waals surface area (Å²) in [7, 11) is 0. The molecular formula is C20H21NO. The Hall–Kier alpha value is -1.93. The Bertz CT molecular complexity index is 774. The van der Waals surface area contributed by atoms with Crippen molar-refractivity contribution in [1.82, 2.24) is 5.32 Å². The van der Waals surface area contributed by atoms with Gasteiger partial charge in [0.15, 0.2) is 5.78 Å². The molecule has 2 aliphatic rings. The number of carbonyl (C=O) groups is 1. The summed E-state index contributed by atoms with van der Waals surface area (Å²) < 4.78 is 0. The molecule has 1 fully saturated rings. The molecule has 0 spiro atoms. The predicted octanol–water partition coefficient (Wildman–Crippen LogP) is 4.10. The van der Waals surface area contributed by atoms with Crippen LogP contribution >= 0.6 is 0 Å². The molecule has 2 nitrogen and oxygen atoms in total. The van der Waals surface area contributed by atoms with Crippen molar-refractivity contribution in [3.05, 3.63) is 53.6 Å². The van der Waals surface area contributed by atoms with Crippen LogP contribution in [0.4, 0.5) is 0 Å². The van der Waals surface area contributed by atoms with Crippen molar-refractivity contribution >= 4 is 22.1 Å². The van der Waals surface area contributed by atoms with Gasteiger partial charge in [-0.15, -0.1) is 0 Å². The fourth-order valence-corrected chi connectivity index (χ4v) is 3.98. The second-order valence-corrected chi connectivity index (χ2v) is 6.43. The molecule has 2 bridgehead atoms. The zero-order valence-corrected chi connectivity index (χ0v) is 12.9. The van der Waals surface area contributed by atoms with Gasteiger partial charge in [-0.2, -0.15) is 0 Å². The van der Waals surface area contributed by atoms with E-state index in [1.54, 1.807) is 0 Å². The highest BCUT2D eigenvalue weighted by atomic mass is 16.1. The molecule has 2 aromatic carbocycles. The fourth-order valence-electron chi connectivity index (χ4n) is 3.98. The van der Waals surface area contributed by atoms with Crippen LogP contribution in [-0.4, -0.2) is 17.9 Å². The van der Waals surface area contributed by atoms with E-state index < -0.39 is 0 Å². The van der Waals surface area contributed by atoms with Crippen molar-refractivity contribution in [3.63, 3.8) is 0 Å². The molecule has 2 aliphatic heterocycles. The summed E-state index contributed by atoms with van der Waals surface area (Å²) in [5.41, 5.74) is 3.56. The number of ketones is 1. The summed E-state index contributed by atoms with van der Waals surface area (Å²) in [5.74, 6) is 0.306. The highest BCUT2D eigenvalue weighted by molar-refractivity contribution is 6.05. The highest BCUT2D eigenvalue weighted by Crippen LogP contribution is 2.38. The maximum atomic E-state index is 12.5. The monoisotopic (exact) mass is 291 g/mol. The number of Topliss-reactive ketones (excluding diaryl/α,β-unsaturated/α-hetero) is 1. The van der Waals surface area contributed by atoms with E-state index in [0.717, 1.165) is 18.4 Å². The molecule has 0 radical (unpaired) electrons. The summed E-state index contributed by atoms with van der Waals surface area (Å²) in [6, 6.07) is 15.9. The molecule has 1 unspecified atom stereocenters. The highest BCUT2D eigenvalue weighted by Gasteiger charge is 2.36. The third-order valence-corrected chi connectivity index (χ3v) is 5.08. The molecule has 112 valence electrons. The van der Waals surface area contributed by atoms with Crippen LogP contribution in [0.1, 0.15) is 38.2 Å². The van der Waals surface area contributed by atoms with Gasteiger partial charge in [-0.05, 0) is 47.2 Å². The van der Waals surface area contributed by atoms with Crippen LogP contribution in [0.15, 0.2) is 48.0 Å². The van der Waals surface area contributed by atoms with Gasteiger partial charge in [0.2, 0.25) is 0 Å². The third kappa shape index (κ3) is 2.19. The first-order valence-electron chi connectivity index (χ1n) is 8.27. The van der Waals surface area contributed by atoms with Gasteiger partial charge >= 0.3 is 0 Å². The molecule has 2 heteroatoms. The van der Waals surface area contributed by atoms with Crippen molar-refractivity contribution in [2.75, 3.05) is 0 Å². The average Bonchev–Trinajstić information content (AvgIpc) is 2.95. The molecule has 2 aromatic rings. The van der Waals surface area contributed by atoms with E-state index in [9.17, 15) is 4.79 Å². The van der Waals surface area contributed by atoms with Crippen LogP contribution in [0.5, 0.6) is 0 Å². The number of rotatable bonds is 3. The van der Waals surface area contributed by atoms with E-state index in [2.05, 4.69) is 47.8 Å². The third-order valence-electron chi connectivity index (χ3n) is 5.08. The summed E-state index contributed by atoms with van der Waals surface area (Å²) in [6.45, 7) is 1.97. The van der Waals surface area contributed by atoms with Gasteiger partial charge in [0.1, 0.15) is 0 Å². The smallest absolute Gasteiger partial charge is 0.160 e. The van der Waals surface area contributed by atoms with E-state index in [1.807, 2.05) is 6.92 Å². The number of benzene rings is 2. The number of carbonyl (C=O) groups excluding carboxylic acids is 1.